The number of hydrogen-bond acceptors (Lipinski definition) is 4. The maximum atomic E-state index is 13.0. The van der Waals surface area contributed by atoms with Crippen molar-refractivity contribution in [3.8, 4) is 11.4 Å². The minimum Gasteiger partial charge on any atom is -0.318 e. The second kappa shape index (κ2) is 6.06. The van der Waals surface area contributed by atoms with Crippen molar-refractivity contribution in [2.75, 3.05) is 5.32 Å². The highest BCUT2D eigenvalue weighted by Gasteiger charge is 2.46. The number of fused-ring (bicyclic) bond motifs is 2. The number of nitrogens with zero attached hydrogens (tertiary/aromatic N) is 4. The van der Waals surface area contributed by atoms with Crippen molar-refractivity contribution < 1.29 is 9.18 Å². The third-order valence-electron chi connectivity index (χ3n) is 5.11. The van der Waals surface area contributed by atoms with Crippen LogP contribution in [0.3, 0.4) is 0 Å². The van der Waals surface area contributed by atoms with Gasteiger partial charge in [-0.3, -0.25) is 5.32 Å². The Morgan fingerprint density at radius 3 is 2.52 bits per heavy atom. The molecule has 2 fully saturated rings. The molecule has 1 N–H and O–H groups in total. The molecular weight excluding hydrogens is 321 g/mol. The van der Waals surface area contributed by atoms with Crippen LogP contribution in [0.25, 0.3) is 11.4 Å². The van der Waals surface area contributed by atoms with E-state index in [4.69, 9.17) is 0 Å². The van der Waals surface area contributed by atoms with Crippen molar-refractivity contribution in [2.24, 2.45) is 5.92 Å². The summed E-state index contributed by atoms with van der Waals surface area (Å²) in [5.41, 5.74) is 1.59. The van der Waals surface area contributed by atoms with Gasteiger partial charge < -0.3 is 4.90 Å². The molecule has 2 atom stereocenters. The fourth-order valence-electron chi connectivity index (χ4n) is 3.94. The Bertz CT molecular complexity index is 798. The van der Waals surface area contributed by atoms with E-state index in [-0.39, 0.29) is 6.03 Å². The smallest absolute Gasteiger partial charge is 0.318 e. The van der Waals surface area contributed by atoms with Crippen molar-refractivity contribution in [3.63, 3.8) is 0 Å². The van der Waals surface area contributed by atoms with E-state index >= 15 is 0 Å². The highest BCUT2D eigenvalue weighted by molar-refractivity contribution is 5.90. The Kier molecular flexibility index (Phi) is 3.86. The molecule has 6 nitrogen and oxygen atoms in total. The monoisotopic (exact) mass is 341 g/mol. The van der Waals surface area contributed by atoms with E-state index in [0.29, 0.717) is 29.6 Å². The first-order valence-corrected chi connectivity index (χ1v) is 8.55. The third-order valence-corrected chi connectivity index (χ3v) is 5.11. The number of carbonyl (C=O) groups excluding carboxylic acids is 1. The fourth-order valence-corrected chi connectivity index (χ4v) is 3.94. The lowest BCUT2D eigenvalue weighted by atomic mass is 9.74. The van der Waals surface area contributed by atoms with Gasteiger partial charge in [0.1, 0.15) is 5.82 Å². The first-order valence-electron chi connectivity index (χ1n) is 8.55. The van der Waals surface area contributed by atoms with Gasteiger partial charge in [0.05, 0.1) is 12.4 Å². The van der Waals surface area contributed by atoms with Gasteiger partial charge in [-0.1, -0.05) is 6.92 Å². The third kappa shape index (κ3) is 2.94. The average molecular weight is 341 g/mol. The van der Waals surface area contributed by atoms with Crippen molar-refractivity contribution in [2.45, 2.75) is 45.2 Å². The number of urea groups is 1. The maximum Gasteiger partial charge on any atom is 0.323 e. The number of aromatic nitrogens is 3. The second-order valence-corrected chi connectivity index (χ2v) is 7.07. The topological polar surface area (TPSA) is 71.0 Å². The number of hydrogen-bond donors (Lipinski definition) is 1. The lowest BCUT2D eigenvalue weighted by Crippen LogP contribution is -2.63. The van der Waals surface area contributed by atoms with Gasteiger partial charge >= 0.3 is 6.03 Å². The summed E-state index contributed by atoms with van der Waals surface area (Å²) < 4.78 is 13.0. The lowest BCUT2D eigenvalue weighted by Gasteiger charge is -2.54. The van der Waals surface area contributed by atoms with Crippen LogP contribution in [0.2, 0.25) is 0 Å². The quantitative estimate of drug-likeness (QED) is 0.909. The number of halogens is 1. The molecule has 2 aromatic rings. The number of carbonyl (C=O) groups is 1. The predicted molar refractivity (Wildman–Crippen MR) is 91.4 cm³/mol. The first-order chi connectivity index (χ1) is 12.0. The number of aryl methyl sites for hydroxylation is 1. The van der Waals surface area contributed by atoms with E-state index in [2.05, 4.69) is 27.2 Å². The molecule has 2 aliphatic rings. The molecule has 2 amide bonds. The van der Waals surface area contributed by atoms with Gasteiger partial charge in [0.25, 0.3) is 0 Å². The number of rotatable bonds is 2. The second-order valence-electron chi connectivity index (χ2n) is 7.07. The van der Waals surface area contributed by atoms with Gasteiger partial charge in [-0.15, -0.1) is 0 Å². The minimum absolute atomic E-state index is 0.101. The van der Waals surface area contributed by atoms with Crippen LogP contribution in [0.4, 0.5) is 15.0 Å². The van der Waals surface area contributed by atoms with Crippen LogP contribution in [-0.2, 0) is 0 Å². The number of nitrogens with one attached hydrogen (secondary N) is 1. The molecule has 7 heteroatoms. The number of amides is 2. The highest BCUT2D eigenvalue weighted by atomic mass is 19.1. The van der Waals surface area contributed by atoms with E-state index in [0.717, 1.165) is 42.8 Å². The zero-order valence-electron chi connectivity index (χ0n) is 14.2. The number of piperidine rings is 1. The minimum atomic E-state index is -0.484. The summed E-state index contributed by atoms with van der Waals surface area (Å²) in [6.07, 6.45) is 7.16. The molecule has 2 unspecified atom stereocenters. The number of anilines is 1. The molecule has 2 saturated heterocycles. The van der Waals surface area contributed by atoms with E-state index in [1.54, 1.807) is 12.3 Å². The largest absolute Gasteiger partial charge is 0.323 e. The average Bonchev–Trinajstić information content (AvgIpc) is 2.57. The van der Waals surface area contributed by atoms with Gasteiger partial charge in [0.15, 0.2) is 11.6 Å². The summed E-state index contributed by atoms with van der Waals surface area (Å²) in [5, 5.41) is 2.88. The summed E-state index contributed by atoms with van der Waals surface area (Å²) in [6.45, 7) is 4.12. The summed E-state index contributed by atoms with van der Waals surface area (Å²) in [5.74, 6) is 1.07. The van der Waals surface area contributed by atoms with Gasteiger partial charge in [0, 0.05) is 23.8 Å². The van der Waals surface area contributed by atoms with E-state index in [9.17, 15) is 9.18 Å². The van der Waals surface area contributed by atoms with Gasteiger partial charge in [-0.25, -0.2) is 24.1 Å². The van der Waals surface area contributed by atoms with Crippen molar-refractivity contribution >= 4 is 11.8 Å². The van der Waals surface area contributed by atoms with E-state index < -0.39 is 5.82 Å². The predicted octanol–water partition coefficient (Wildman–Crippen LogP) is 3.39. The zero-order chi connectivity index (χ0) is 17.6. The zero-order valence-corrected chi connectivity index (χ0v) is 14.2. The van der Waals surface area contributed by atoms with Crippen LogP contribution in [0.1, 0.15) is 31.7 Å². The maximum absolute atomic E-state index is 13.0. The molecular formula is C18H20FN5O. The van der Waals surface area contributed by atoms with Crippen LogP contribution >= 0.6 is 0 Å². The Hall–Kier alpha value is -2.57. The van der Waals surface area contributed by atoms with E-state index in [1.807, 2.05) is 11.8 Å². The Morgan fingerprint density at radius 2 is 1.84 bits per heavy atom. The molecule has 0 spiro atoms. The standard InChI is InChI=1S/C18H20FN5O/c1-10-3-13-5-14(4-10)24(13)18(25)23-16-6-15(11(2)7-20-16)17-21-8-12(19)9-22-17/h6-10,13-14H,3-5H2,1-2H3,(H,20,23,25). The summed E-state index contributed by atoms with van der Waals surface area (Å²) in [6, 6.07) is 2.33. The Balaban J connectivity index is 1.53. The van der Waals surface area contributed by atoms with E-state index in [1.165, 1.54) is 0 Å². The molecule has 0 saturated carbocycles. The van der Waals surface area contributed by atoms with Crippen LogP contribution in [-0.4, -0.2) is 38.0 Å². The van der Waals surface area contributed by atoms with Crippen LogP contribution in [0.15, 0.2) is 24.7 Å². The van der Waals surface area contributed by atoms with Gasteiger partial charge in [-0.2, -0.15) is 0 Å². The van der Waals surface area contributed by atoms with Crippen LogP contribution in [0, 0.1) is 18.7 Å². The molecule has 130 valence electrons. The van der Waals surface area contributed by atoms with Gasteiger partial charge in [0.2, 0.25) is 0 Å². The van der Waals surface area contributed by atoms with Crippen molar-refractivity contribution in [3.05, 3.63) is 36.0 Å². The van der Waals surface area contributed by atoms with Crippen LogP contribution in [0.5, 0.6) is 0 Å². The fraction of sp³-hybridized carbons (Fsp3) is 0.444. The molecule has 0 aliphatic carbocycles. The molecule has 4 rings (SSSR count). The Labute approximate surface area is 145 Å². The molecule has 2 aliphatic heterocycles. The first kappa shape index (κ1) is 15.9. The van der Waals surface area contributed by atoms with Gasteiger partial charge in [-0.05, 0) is 43.7 Å². The van der Waals surface area contributed by atoms with Crippen LogP contribution < -0.4 is 5.32 Å². The molecule has 2 aromatic heterocycles. The number of pyridine rings is 1. The molecule has 0 radical (unpaired) electrons. The summed E-state index contributed by atoms with van der Waals surface area (Å²) >= 11 is 0. The SMILES string of the molecule is Cc1cnc(NC(=O)N2C3CC(C)CC2C3)cc1-c1ncc(F)cn1. The molecule has 2 bridgehead atoms. The normalized spacial score (nSPS) is 24.6. The molecule has 25 heavy (non-hydrogen) atoms. The highest BCUT2D eigenvalue weighted by Crippen LogP contribution is 2.41. The van der Waals surface area contributed by atoms with Crippen molar-refractivity contribution in [1.29, 1.82) is 0 Å². The Morgan fingerprint density at radius 1 is 1.16 bits per heavy atom. The summed E-state index contributed by atoms with van der Waals surface area (Å²) in [4.78, 5) is 26.8. The summed E-state index contributed by atoms with van der Waals surface area (Å²) in [7, 11) is 0. The van der Waals surface area contributed by atoms with Crippen molar-refractivity contribution in [1.82, 2.24) is 19.9 Å². The molecule has 0 aromatic carbocycles. The lowest BCUT2D eigenvalue weighted by molar-refractivity contribution is -0.00603. The molecule has 4 heterocycles.